The van der Waals surface area contributed by atoms with Gasteiger partial charge in [0.25, 0.3) is 5.91 Å². The molecule has 2 aromatic rings. The lowest BCUT2D eigenvalue weighted by Crippen LogP contribution is -2.18. The zero-order chi connectivity index (χ0) is 18.4. The third kappa shape index (κ3) is 4.88. The van der Waals surface area contributed by atoms with Gasteiger partial charge in [-0.3, -0.25) is 9.59 Å². The first kappa shape index (κ1) is 18.1. The van der Waals surface area contributed by atoms with Crippen LogP contribution in [0.5, 0.6) is 0 Å². The second-order valence-corrected chi connectivity index (χ2v) is 5.18. The number of hydrogen-bond donors (Lipinski definition) is 5. The molecule has 25 heavy (non-hydrogen) atoms. The summed E-state index contributed by atoms with van der Waals surface area (Å²) < 4.78 is 14.0. The standard InChI is InChI=1S/C16H19FN6O2/c1-9(24)21-10-3-2-4-11(7-10)22-15-12(14(19)25)8-13(17)16(23-15)20-6-5-18/h2-4,7-8H,5-6,18H2,1H3,(H2,19,25)(H,21,24)(H2,20,22,23). The van der Waals surface area contributed by atoms with Gasteiger partial charge < -0.3 is 27.4 Å². The molecule has 0 bridgehead atoms. The number of nitrogens with one attached hydrogen (secondary N) is 3. The van der Waals surface area contributed by atoms with Crippen molar-refractivity contribution in [2.24, 2.45) is 11.5 Å². The minimum atomic E-state index is -0.822. The van der Waals surface area contributed by atoms with Gasteiger partial charge in [-0.15, -0.1) is 0 Å². The van der Waals surface area contributed by atoms with Crippen molar-refractivity contribution in [1.29, 1.82) is 0 Å². The fourth-order valence-corrected chi connectivity index (χ4v) is 2.10. The van der Waals surface area contributed by atoms with Crippen LogP contribution in [-0.4, -0.2) is 29.9 Å². The predicted octanol–water partition coefficient (Wildman–Crippen LogP) is 1.39. The Kier molecular flexibility index (Phi) is 5.85. The number of amides is 2. The number of rotatable bonds is 7. The molecular formula is C16H19FN6O2. The summed E-state index contributed by atoms with van der Waals surface area (Å²) in [5, 5.41) is 8.28. The zero-order valence-electron chi connectivity index (χ0n) is 13.6. The molecule has 1 heterocycles. The summed E-state index contributed by atoms with van der Waals surface area (Å²) in [5.41, 5.74) is 11.7. The first-order chi connectivity index (χ1) is 11.9. The largest absolute Gasteiger partial charge is 0.366 e. The highest BCUT2D eigenvalue weighted by atomic mass is 19.1. The van der Waals surface area contributed by atoms with Crippen LogP contribution in [0, 0.1) is 5.82 Å². The van der Waals surface area contributed by atoms with E-state index in [2.05, 4.69) is 20.9 Å². The van der Waals surface area contributed by atoms with E-state index in [0.29, 0.717) is 24.5 Å². The molecule has 0 aliphatic rings. The first-order valence-corrected chi connectivity index (χ1v) is 7.49. The fourth-order valence-electron chi connectivity index (χ4n) is 2.10. The van der Waals surface area contributed by atoms with Crippen LogP contribution in [0.1, 0.15) is 17.3 Å². The van der Waals surface area contributed by atoms with Gasteiger partial charge in [-0.25, -0.2) is 9.37 Å². The maximum absolute atomic E-state index is 14.0. The van der Waals surface area contributed by atoms with E-state index >= 15 is 0 Å². The number of benzene rings is 1. The molecule has 7 N–H and O–H groups in total. The summed E-state index contributed by atoms with van der Waals surface area (Å²) >= 11 is 0. The predicted molar refractivity (Wildman–Crippen MR) is 94.3 cm³/mol. The van der Waals surface area contributed by atoms with Gasteiger partial charge in [-0.1, -0.05) is 6.07 Å². The number of carbonyl (C=O) groups is 2. The molecule has 0 unspecified atom stereocenters. The van der Waals surface area contributed by atoms with Crippen LogP contribution >= 0.6 is 0 Å². The Morgan fingerprint density at radius 2 is 1.92 bits per heavy atom. The number of hydrogen-bond acceptors (Lipinski definition) is 6. The van der Waals surface area contributed by atoms with Crippen molar-refractivity contribution in [1.82, 2.24) is 4.98 Å². The van der Waals surface area contributed by atoms with Gasteiger partial charge in [0.2, 0.25) is 5.91 Å². The van der Waals surface area contributed by atoms with Crippen molar-refractivity contribution in [3.63, 3.8) is 0 Å². The quantitative estimate of drug-likeness (QED) is 0.514. The van der Waals surface area contributed by atoms with Crippen molar-refractivity contribution < 1.29 is 14.0 Å². The van der Waals surface area contributed by atoms with Crippen LogP contribution < -0.4 is 27.4 Å². The highest BCUT2D eigenvalue weighted by Crippen LogP contribution is 2.25. The number of carbonyl (C=O) groups excluding carboxylic acids is 2. The number of halogens is 1. The maximum atomic E-state index is 14.0. The van der Waals surface area contributed by atoms with Crippen LogP contribution in [0.2, 0.25) is 0 Å². The smallest absolute Gasteiger partial charge is 0.252 e. The molecule has 132 valence electrons. The molecule has 0 saturated heterocycles. The van der Waals surface area contributed by atoms with Crippen LogP contribution in [0.15, 0.2) is 30.3 Å². The lowest BCUT2D eigenvalue weighted by Gasteiger charge is -2.13. The molecule has 0 radical (unpaired) electrons. The van der Waals surface area contributed by atoms with Gasteiger partial charge in [0, 0.05) is 31.4 Å². The Labute approximate surface area is 143 Å². The average Bonchev–Trinajstić information content (AvgIpc) is 2.54. The Hall–Kier alpha value is -3.20. The van der Waals surface area contributed by atoms with E-state index < -0.39 is 11.7 Å². The molecule has 0 aliphatic carbocycles. The molecular weight excluding hydrogens is 327 g/mol. The van der Waals surface area contributed by atoms with E-state index in [4.69, 9.17) is 11.5 Å². The molecule has 0 spiro atoms. The van der Waals surface area contributed by atoms with Crippen molar-refractivity contribution >= 4 is 34.8 Å². The highest BCUT2D eigenvalue weighted by molar-refractivity contribution is 5.98. The summed E-state index contributed by atoms with van der Waals surface area (Å²) in [6.45, 7) is 2.00. The molecule has 0 saturated carbocycles. The third-order valence-corrected chi connectivity index (χ3v) is 3.12. The number of anilines is 4. The number of primary amides is 1. The Morgan fingerprint density at radius 3 is 2.56 bits per heavy atom. The SMILES string of the molecule is CC(=O)Nc1cccc(Nc2nc(NCCN)c(F)cc2C(N)=O)c1. The third-order valence-electron chi connectivity index (χ3n) is 3.12. The molecule has 2 rings (SSSR count). The molecule has 2 amide bonds. The summed E-state index contributed by atoms with van der Waals surface area (Å²) in [4.78, 5) is 26.8. The molecule has 1 aromatic heterocycles. The van der Waals surface area contributed by atoms with E-state index in [0.717, 1.165) is 6.07 Å². The van der Waals surface area contributed by atoms with Crippen molar-refractivity contribution in [3.8, 4) is 0 Å². The Bertz CT molecular complexity index is 796. The van der Waals surface area contributed by atoms with Crippen molar-refractivity contribution in [2.45, 2.75) is 6.92 Å². The minimum absolute atomic E-state index is 0.0454. The lowest BCUT2D eigenvalue weighted by atomic mass is 10.2. The van der Waals surface area contributed by atoms with Gasteiger partial charge in [0.1, 0.15) is 5.82 Å². The second kappa shape index (κ2) is 8.06. The Morgan fingerprint density at radius 1 is 1.20 bits per heavy atom. The molecule has 9 heteroatoms. The summed E-state index contributed by atoms with van der Waals surface area (Å²) in [6.07, 6.45) is 0. The fraction of sp³-hybridized carbons (Fsp3) is 0.188. The number of nitrogens with two attached hydrogens (primary N) is 2. The number of pyridine rings is 1. The van der Waals surface area contributed by atoms with Gasteiger partial charge in [0.15, 0.2) is 11.6 Å². The first-order valence-electron chi connectivity index (χ1n) is 7.49. The van der Waals surface area contributed by atoms with E-state index in [1.54, 1.807) is 24.3 Å². The summed E-state index contributed by atoms with van der Waals surface area (Å²) in [7, 11) is 0. The van der Waals surface area contributed by atoms with Gasteiger partial charge in [-0.05, 0) is 24.3 Å². The van der Waals surface area contributed by atoms with E-state index in [9.17, 15) is 14.0 Å². The maximum Gasteiger partial charge on any atom is 0.252 e. The highest BCUT2D eigenvalue weighted by Gasteiger charge is 2.16. The summed E-state index contributed by atoms with van der Waals surface area (Å²) in [5.74, 6) is -1.70. The Balaban J connectivity index is 2.36. The molecule has 0 aliphatic heterocycles. The molecule has 0 fully saturated rings. The van der Waals surface area contributed by atoms with Gasteiger partial charge in [-0.2, -0.15) is 0 Å². The van der Waals surface area contributed by atoms with Crippen molar-refractivity contribution in [2.75, 3.05) is 29.0 Å². The second-order valence-electron chi connectivity index (χ2n) is 5.18. The van der Waals surface area contributed by atoms with Crippen LogP contribution in [0.25, 0.3) is 0 Å². The monoisotopic (exact) mass is 346 g/mol. The van der Waals surface area contributed by atoms with Crippen LogP contribution in [-0.2, 0) is 4.79 Å². The number of nitrogens with zero attached hydrogens (tertiary/aromatic N) is 1. The van der Waals surface area contributed by atoms with Crippen LogP contribution in [0.4, 0.5) is 27.4 Å². The zero-order valence-corrected chi connectivity index (χ0v) is 13.6. The molecule has 1 aromatic carbocycles. The lowest BCUT2D eigenvalue weighted by molar-refractivity contribution is -0.114. The average molecular weight is 346 g/mol. The topological polar surface area (TPSA) is 135 Å². The van der Waals surface area contributed by atoms with Gasteiger partial charge >= 0.3 is 0 Å². The van der Waals surface area contributed by atoms with E-state index in [1.165, 1.54) is 6.92 Å². The molecule has 0 atom stereocenters. The van der Waals surface area contributed by atoms with Crippen molar-refractivity contribution in [3.05, 3.63) is 41.7 Å². The summed E-state index contributed by atoms with van der Waals surface area (Å²) in [6, 6.07) is 7.76. The van der Waals surface area contributed by atoms with E-state index in [-0.39, 0.29) is 23.1 Å². The normalized spacial score (nSPS) is 10.2. The number of aromatic nitrogens is 1. The van der Waals surface area contributed by atoms with E-state index in [1.807, 2.05) is 0 Å². The van der Waals surface area contributed by atoms with Gasteiger partial charge in [0.05, 0.1) is 5.56 Å². The molecule has 8 nitrogen and oxygen atoms in total. The van der Waals surface area contributed by atoms with Crippen LogP contribution in [0.3, 0.4) is 0 Å². The minimum Gasteiger partial charge on any atom is -0.366 e.